The van der Waals surface area contributed by atoms with Gasteiger partial charge in [0.25, 0.3) is 0 Å². The van der Waals surface area contributed by atoms with Gasteiger partial charge in [-0.2, -0.15) is 0 Å². The highest BCUT2D eigenvalue weighted by Crippen LogP contribution is 2.24. The second kappa shape index (κ2) is 7.20. The van der Waals surface area contributed by atoms with Crippen LogP contribution in [0.3, 0.4) is 0 Å². The van der Waals surface area contributed by atoms with E-state index < -0.39 is 0 Å². The van der Waals surface area contributed by atoms with Gasteiger partial charge in [0.15, 0.2) is 5.82 Å². The summed E-state index contributed by atoms with van der Waals surface area (Å²) in [7, 11) is 1.97. The van der Waals surface area contributed by atoms with E-state index in [1.165, 1.54) is 0 Å². The largest absolute Gasteiger partial charge is 0.340 e. The van der Waals surface area contributed by atoms with Crippen LogP contribution < -0.4 is 4.90 Å². The molecule has 3 aromatic rings. The van der Waals surface area contributed by atoms with Crippen LogP contribution in [0, 0.1) is 0 Å². The first-order chi connectivity index (χ1) is 11.6. The molecule has 124 valence electrons. The van der Waals surface area contributed by atoms with Crippen molar-refractivity contribution in [3.05, 3.63) is 58.3 Å². The zero-order chi connectivity index (χ0) is 17.1. The average molecular weight is 362 g/mol. The van der Waals surface area contributed by atoms with Crippen LogP contribution in [0.15, 0.2) is 42.7 Å². The maximum atomic E-state index is 6.08. The average Bonchev–Trinajstić information content (AvgIpc) is 2.98. The summed E-state index contributed by atoms with van der Waals surface area (Å²) in [4.78, 5) is 6.18. The molecule has 0 fully saturated rings. The van der Waals surface area contributed by atoms with Crippen LogP contribution >= 0.6 is 23.2 Å². The number of anilines is 1. The van der Waals surface area contributed by atoms with E-state index in [0.29, 0.717) is 16.6 Å². The van der Waals surface area contributed by atoms with E-state index in [4.69, 9.17) is 23.2 Å². The number of aromatic nitrogens is 4. The second-order valence-electron chi connectivity index (χ2n) is 5.44. The molecular weight excluding hydrogens is 345 g/mol. The molecule has 2 heterocycles. The van der Waals surface area contributed by atoms with Crippen LogP contribution in [-0.4, -0.2) is 26.8 Å². The zero-order valence-corrected chi connectivity index (χ0v) is 15.0. The fraction of sp³-hybridized carbons (Fsp3) is 0.235. The Kier molecular flexibility index (Phi) is 5.02. The number of benzene rings is 1. The molecule has 0 atom stereocenters. The predicted molar refractivity (Wildman–Crippen MR) is 97.5 cm³/mol. The first-order valence-corrected chi connectivity index (χ1v) is 8.33. The van der Waals surface area contributed by atoms with Crippen molar-refractivity contribution in [2.24, 2.45) is 0 Å². The van der Waals surface area contributed by atoms with Crippen LogP contribution in [0.4, 0.5) is 5.95 Å². The molecule has 3 rings (SSSR count). The molecule has 24 heavy (non-hydrogen) atoms. The molecule has 0 N–H and O–H groups in total. The van der Waals surface area contributed by atoms with E-state index in [2.05, 4.69) is 26.7 Å². The normalized spacial score (nSPS) is 10.8. The molecule has 7 heteroatoms. The van der Waals surface area contributed by atoms with Crippen molar-refractivity contribution in [3.63, 3.8) is 0 Å². The SMILES string of the molecule is CCn1c(-c2cccnc2)nnc1N(C)Cc1cc(Cl)cc(Cl)c1. The Morgan fingerprint density at radius 3 is 2.50 bits per heavy atom. The minimum absolute atomic E-state index is 0.624. The van der Waals surface area contributed by atoms with Crippen LogP contribution in [-0.2, 0) is 13.1 Å². The highest BCUT2D eigenvalue weighted by atomic mass is 35.5. The Balaban J connectivity index is 1.90. The van der Waals surface area contributed by atoms with Gasteiger partial charge in [0.2, 0.25) is 5.95 Å². The molecule has 5 nitrogen and oxygen atoms in total. The monoisotopic (exact) mass is 361 g/mol. The molecule has 0 saturated heterocycles. The zero-order valence-electron chi connectivity index (χ0n) is 13.4. The maximum Gasteiger partial charge on any atom is 0.227 e. The van der Waals surface area contributed by atoms with Crippen LogP contribution in [0.2, 0.25) is 10.0 Å². The van der Waals surface area contributed by atoms with Gasteiger partial charge in [0, 0.05) is 48.1 Å². The van der Waals surface area contributed by atoms with Crippen LogP contribution in [0.1, 0.15) is 12.5 Å². The molecule has 0 bridgehead atoms. The standard InChI is InChI=1S/C17H17Cl2N5/c1-3-24-16(13-5-4-6-20-10-13)21-22-17(24)23(2)11-12-7-14(18)9-15(19)8-12/h4-10H,3,11H2,1-2H3. The van der Waals surface area contributed by atoms with Crippen molar-refractivity contribution in [3.8, 4) is 11.4 Å². The molecule has 0 aliphatic carbocycles. The summed E-state index contributed by atoms with van der Waals surface area (Å²) < 4.78 is 2.06. The number of pyridine rings is 1. The lowest BCUT2D eigenvalue weighted by molar-refractivity contribution is 0.730. The number of rotatable bonds is 5. The third-order valence-corrected chi connectivity index (χ3v) is 4.09. The number of hydrogen-bond donors (Lipinski definition) is 0. The van der Waals surface area contributed by atoms with Crippen LogP contribution in [0.25, 0.3) is 11.4 Å². The molecule has 0 aliphatic heterocycles. The lowest BCUT2D eigenvalue weighted by Gasteiger charge is -2.19. The fourth-order valence-corrected chi connectivity index (χ4v) is 3.20. The number of hydrogen-bond acceptors (Lipinski definition) is 4. The molecule has 2 aromatic heterocycles. The first kappa shape index (κ1) is 16.7. The highest BCUT2D eigenvalue weighted by Gasteiger charge is 2.16. The van der Waals surface area contributed by atoms with E-state index in [9.17, 15) is 0 Å². The van der Waals surface area contributed by atoms with E-state index in [1.54, 1.807) is 18.5 Å². The second-order valence-corrected chi connectivity index (χ2v) is 6.32. The molecule has 0 spiro atoms. The van der Waals surface area contributed by atoms with E-state index in [1.807, 2.05) is 36.2 Å². The Hall–Kier alpha value is -2.11. The third kappa shape index (κ3) is 3.52. The van der Waals surface area contributed by atoms with Gasteiger partial charge >= 0.3 is 0 Å². The van der Waals surface area contributed by atoms with Crippen molar-refractivity contribution in [2.75, 3.05) is 11.9 Å². The Labute approximate surface area is 150 Å². The van der Waals surface area contributed by atoms with Gasteiger partial charge in [-0.25, -0.2) is 0 Å². The summed E-state index contributed by atoms with van der Waals surface area (Å²) in [6.07, 6.45) is 3.53. The summed E-state index contributed by atoms with van der Waals surface area (Å²) >= 11 is 12.2. The molecular formula is C17H17Cl2N5. The lowest BCUT2D eigenvalue weighted by atomic mass is 10.2. The van der Waals surface area contributed by atoms with E-state index >= 15 is 0 Å². The predicted octanol–water partition coefficient (Wildman–Crippen LogP) is 4.30. The number of halogens is 2. The summed E-state index contributed by atoms with van der Waals surface area (Å²) in [6, 6.07) is 9.39. The van der Waals surface area contributed by atoms with Crippen molar-refractivity contribution >= 4 is 29.2 Å². The van der Waals surface area contributed by atoms with Gasteiger partial charge in [-0.05, 0) is 42.8 Å². The van der Waals surface area contributed by atoms with E-state index in [-0.39, 0.29) is 0 Å². The number of nitrogens with zero attached hydrogens (tertiary/aromatic N) is 5. The van der Waals surface area contributed by atoms with Gasteiger partial charge in [-0.3, -0.25) is 9.55 Å². The lowest BCUT2D eigenvalue weighted by Crippen LogP contribution is -2.21. The van der Waals surface area contributed by atoms with Crippen molar-refractivity contribution in [2.45, 2.75) is 20.0 Å². The molecule has 1 aromatic carbocycles. The Morgan fingerprint density at radius 1 is 1.12 bits per heavy atom. The Morgan fingerprint density at radius 2 is 1.88 bits per heavy atom. The Bertz CT molecular complexity index is 812. The molecule has 0 amide bonds. The minimum Gasteiger partial charge on any atom is -0.340 e. The summed E-state index contributed by atoms with van der Waals surface area (Å²) in [5.74, 6) is 1.59. The van der Waals surface area contributed by atoms with Crippen molar-refractivity contribution in [1.82, 2.24) is 19.7 Å². The van der Waals surface area contributed by atoms with Gasteiger partial charge in [-0.1, -0.05) is 23.2 Å². The minimum atomic E-state index is 0.624. The smallest absolute Gasteiger partial charge is 0.227 e. The van der Waals surface area contributed by atoms with Crippen LogP contribution in [0.5, 0.6) is 0 Å². The highest BCUT2D eigenvalue weighted by molar-refractivity contribution is 6.34. The van der Waals surface area contributed by atoms with Gasteiger partial charge in [-0.15, -0.1) is 10.2 Å². The van der Waals surface area contributed by atoms with Gasteiger partial charge in [0.1, 0.15) is 0 Å². The summed E-state index contributed by atoms with van der Waals surface area (Å²) in [5, 5.41) is 9.93. The van der Waals surface area contributed by atoms with Gasteiger partial charge in [0.05, 0.1) is 0 Å². The molecule has 0 radical (unpaired) electrons. The summed E-state index contributed by atoms with van der Waals surface area (Å²) in [5.41, 5.74) is 1.96. The third-order valence-electron chi connectivity index (χ3n) is 3.65. The summed E-state index contributed by atoms with van der Waals surface area (Å²) in [6.45, 7) is 3.45. The van der Waals surface area contributed by atoms with E-state index in [0.717, 1.165) is 29.4 Å². The molecule has 0 unspecified atom stereocenters. The molecule has 0 aliphatic rings. The topological polar surface area (TPSA) is 46.8 Å². The fourth-order valence-electron chi connectivity index (χ4n) is 2.62. The van der Waals surface area contributed by atoms with Gasteiger partial charge < -0.3 is 4.90 Å². The maximum absolute atomic E-state index is 6.08. The molecule has 0 saturated carbocycles. The quantitative estimate of drug-likeness (QED) is 0.679. The van der Waals surface area contributed by atoms with Crippen molar-refractivity contribution in [1.29, 1.82) is 0 Å². The first-order valence-electron chi connectivity index (χ1n) is 7.58. The van der Waals surface area contributed by atoms with Crippen molar-refractivity contribution < 1.29 is 0 Å².